The van der Waals surface area contributed by atoms with Gasteiger partial charge in [0.15, 0.2) is 0 Å². The third-order valence-electron chi connectivity index (χ3n) is 2.24. The van der Waals surface area contributed by atoms with Crippen LogP contribution in [0.15, 0.2) is 5.11 Å². The molecule has 0 aromatic carbocycles. The Morgan fingerprint density at radius 2 is 1.64 bits per heavy atom. The Kier molecular flexibility index (Phi) is 9.81. The van der Waals surface area contributed by atoms with E-state index in [4.69, 9.17) is 5.53 Å². The van der Waals surface area contributed by atoms with Gasteiger partial charge in [-0.2, -0.15) is 0 Å². The van der Waals surface area contributed by atoms with Crippen LogP contribution in [0.4, 0.5) is 0 Å². The quantitative estimate of drug-likeness (QED) is 0.319. The lowest BCUT2D eigenvalue weighted by Crippen LogP contribution is -2.28. The van der Waals surface area contributed by atoms with Gasteiger partial charge in [-0.15, -0.1) is 0 Å². The molecule has 0 unspecified atom stereocenters. The SMILES string of the molecule is CCCCN(CCCC)CCN=[N+]=[N-]. The predicted octanol–water partition coefficient (Wildman–Crippen LogP) is 3.20. The van der Waals surface area contributed by atoms with Crippen LogP contribution >= 0.6 is 0 Å². The Bertz CT molecular complexity index is 156. The molecule has 0 saturated heterocycles. The van der Waals surface area contributed by atoms with Gasteiger partial charge in [0.25, 0.3) is 0 Å². The maximum absolute atomic E-state index is 8.17. The number of rotatable bonds is 9. The molecule has 0 amide bonds. The normalized spacial score (nSPS) is 10.2. The zero-order valence-corrected chi connectivity index (χ0v) is 9.45. The van der Waals surface area contributed by atoms with E-state index in [-0.39, 0.29) is 0 Å². The van der Waals surface area contributed by atoms with Crippen LogP contribution in [0, 0.1) is 0 Å². The molecule has 0 heterocycles. The fourth-order valence-corrected chi connectivity index (χ4v) is 1.33. The standard InChI is InChI=1S/C10H22N4/c1-3-5-8-14(9-6-4-2)10-7-12-13-11/h3-10H2,1-2H3. The van der Waals surface area contributed by atoms with Gasteiger partial charge in [-0.05, 0) is 31.5 Å². The minimum atomic E-state index is 0.601. The van der Waals surface area contributed by atoms with Crippen LogP contribution in [0.25, 0.3) is 10.4 Å². The van der Waals surface area contributed by atoms with Crippen LogP contribution in [0.3, 0.4) is 0 Å². The van der Waals surface area contributed by atoms with E-state index in [0.29, 0.717) is 6.54 Å². The Morgan fingerprint density at radius 1 is 1.07 bits per heavy atom. The lowest BCUT2D eigenvalue weighted by molar-refractivity contribution is 0.272. The third kappa shape index (κ3) is 7.90. The highest BCUT2D eigenvalue weighted by Gasteiger charge is 2.01. The molecule has 0 N–H and O–H groups in total. The first-order chi connectivity index (χ1) is 6.85. The molecule has 0 aliphatic rings. The fourth-order valence-electron chi connectivity index (χ4n) is 1.33. The number of unbranched alkanes of at least 4 members (excludes halogenated alkanes) is 2. The molecule has 0 atom stereocenters. The van der Waals surface area contributed by atoms with Crippen LogP contribution in [0.5, 0.6) is 0 Å². The largest absolute Gasteiger partial charge is 0.303 e. The van der Waals surface area contributed by atoms with Crippen molar-refractivity contribution >= 4 is 0 Å². The first-order valence-corrected chi connectivity index (χ1v) is 5.58. The van der Waals surface area contributed by atoms with Crippen LogP contribution in [-0.2, 0) is 0 Å². The summed E-state index contributed by atoms with van der Waals surface area (Å²) < 4.78 is 0. The van der Waals surface area contributed by atoms with Crippen molar-refractivity contribution < 1.29 is 0 Å². The van der Waals surface area contributed by atoms with Crippen molar-refractivity contribution in [2.24, 2.45) is 5.11 Å². The molecule has 0 aliphatic heterocycles. The van der Waals surface area contributed by atoms with Crippen molar-refractivity contribution in [1.82, 2.24) is 4.90 Å². The maximum atomic E-state index is 8.17. The number of nitrogens with zero attached hydrogens (tertiary/aromatic N) is 4. The summed E-state index contributed by atoms with van der Waals surface area (Å²) in [6.45, 7) is 8.18. The van der Waals surface area contributed by atoms with Gasteiger partial charge in [0, 0.05) is 18.0 Å². The molecular formula is C10H22N4. The molecule has 0 radical (unpaired) electrons. The second-order valence-electron chi connectivity index (χ2n) is 3.50. The molecule has 0 aliphatic carbocycles. The lowest BCUT2D eigenvalue weighted by Gasteiger charge is -2.20. The smallest absolute Gasteiger partial charge is 0.0385 e. The average molecular weight is 198 g/mol. The fraction of sp³-hybridized carbons (Fsp3) is 1.00. The summed E-state index contributed by atoms with van der Waals surface area (Å²) in [5, 5.41) is 3.57. The Balaban J connectivity index is 3.65. The van der Waals surface area contributed by atoms with Crippen molar-refractivity contribution in [3.63, 3.8) is 0 Å². The van der Waals surface area contributed by atoms with Crippen molar-refractivity contribution in [1.29, 1.82) is 0 Å². The minimum Gasteiger partial charge on any atom is -0.303 e. The molecule has 4 nitrogen and oxygen atoms in total. The molecule has 0 aromatic rings. The minimum absolute atomic E-state index is 0.601. The summed E-state index contributed by atoms with van der Waals surface area (Å²) in [6.07, 6.45) is 4.92. The number of hydrogen-bond acceptors (Lipinski definition) is 2. The Hall–Kier alpha value is -0.730. The topological polar surface area (TPSA) is 52.0 Å². The molecule has 4 heteroatoms. The van der Waals surface area contributed by atoms with Crippen molar-refractivity contribution in [2.45, 2.75) is 39.5 Å². The number of azide groups is 1. The third-order valence-corrected chi connectivity index (χ3v) is 2.24. The van der Waals surface area contributed by atoms with Gasteiger partial charge in [0.2, 0.25) is 0 Å². The van der Waals surface area contributed by atoms with Gasteiger partial charge in [-0.3, -0.25) is 0 Å². The summed E-state index contributed by atoms with van der Waals surface area (Å²) in [6, 6.07) is 0. The zero-order chi connectivity index (χ0) is 10.6. The lowest BCUT2D eigenvalue weighted by atomic mass is 10.2. The monoisotopic (exact) mass is 198 g/mol. The predicted molar refractivity (Wildman–Crippen MR) is 60.3 cm³/mol. The average Bonchev–Trinajstić information content (AvgIpc) is 2.21. The first-order valence-electron chi connectivity index (χ1n) is 5.58. The molecule has 0 saturated carbocycles. The second kappa shape index (κ2) is 10.4. The molecule has 0 fully saturated rings. The number of hydrogen-bond donors (Lipinski definition) is 0. The van der Waals surface area contributed by atoms with E-state index in [1.165, 1.54) is 25.7 Å². The van der Waals surface area contributed by atoms with Gasteiger partial charge < -0.3 is 4.90 Å². The van der Waals surface area contributed by atoms with Gasteiger partial charge >= 0.3 is 0 Å². The maximum Gasteiger partial charge on any atom is 0.0385 e. The first kappa shape index (κ1) is 13.3. The van der Waals surface area contributed by atoms with E-state index < -0.39 is 0 Å². The van der Waals surface area contributed by atoms with Crippen molar-refractivity contribution in [2.75, 3.05) is 26.2 Å². The molecule has 0 bridgehead atoms. The summed E-state index contributed by atoms with van der Waals surface area (Å²) in [7, 11) is 0. The Morgan fingerprint density at radius 3 is 2.07 bits per heavy atom. The summed E-state index contributed by atoms with van der Waals surface area (Å²) in [5.41, 5.74) is 8.17. The van der Waals surface area contributed by atoms with Crippen molar-refractivity contribution in [3.05, 3.63) is 10.4 Å². The van der Waals surface area contributed by atoms with E-state index in [0.717, 1.165) is 19.6 Å². The molecule has 82 valence electrons. The summed E-state index contributed by atoms with van der Waals surface area (Å²) in [5.74, 6) is 0. The van der Waals surface area contributed by atoms with Gasteiger partial charge in [-0.25, -0.2) is 0 Å². The van der Waals surface area contributed by atoms with Gasteiger partial charge in [0.1, 0.15) is 0 Å². The van der Waals surface area contributed by atoms with Crippen molar-refractivity contribution in [3.8, 4) is 0 Å². The van der Waals surface area contributed by atoms with Gasteiger partial charge in [-0.1, -0.05) is 31.8 Å². The molecule has 0 rings (SSSR count). The van der Waals surface area contributed by atoms with E-state index in [1.807, 2.05) is 0 Å². The Labute approximate surface area is 86.9 Å². The second-order valence-corrected chi connectivity index (χ2v) is 3.50. The van der Waals surface area contributed by atoms with E-state index in [1.54, 1.807) is 0 Å². The summed E-state index contributed by atoms with van der Waals surface area (Å²) >= 11 is 0. The van der Waals surface area contributed by atoms with Crippen LogP contribution < -0.4 is 0 Å². The highest BCUT2D eigenvalue weighted by Crippen LogP contribution is 1.98. The zero-order valence-electron chi connectivity index (χ0n) is 9.45. The molecule has 0 aromatic heterocycles. The highest BCUT2D eigenvalue weighted by molar-refractivity contribution is 4.60. The van der Waals surface area contributed by atoms with Gasteiger partial charge in [0.05, 0.1) is 0 Å². The molecule has 14 heavy (non-hydrogen) atoms. The highest BCUT2D eigenvalue weighted by atomic mass is 15.2. The molecular weight excluding hydrogens is 176 g/mol. The van der Waals surface area contributed by atoms with E-state index >= 15 is 0 Å². The van der Waals surface area contributed by atoms with E-state index in [9.17, 15) is 0 Å². The van der Waals surface area contributed by atoms with E-state index in [2.05, 4.69) is 28.8 Å². The van der Waals surface area contributed by atoms with Crippen LogP contribution in [0.2, 0.25) is 0 Å². The van der Waals surface area contributed by atoms with Crippen LogP contribution in [0.1, 0.15) is 39.5 Å². The molecule has 0 spiro atoms. The summed E-state index contributed by atoms with van der Waals surface area (Å²) in [4.78, 5) is 5.16. The van der Waals surface area contributed by atoms with Crippen LogP contribution in [-0.4, -0.2) is 31.1 Å².